The zero-order chi connectivity index (χ0) is 12.5. The van der Waals surface area contributed by atoms with Crippen molar-refractivity contribution in [2.24, 2.45) is 0 Å². The molecule has 90 valence electrons. The first-order chi connectivity index (χ1) is 8.26. The van der Waals surface area contributed by atoms with Gasteiger partial charge in [0.05, 0.1) is 24.8 Å². The predicted octanol–water partition coefficient (Wildman–Crippen LogP) is 2.61. The summed E-state index contributed by atoms with van der Waals surface area (Å²) in [5.74, 6) is 0.585. The van der Waals surface area contributed by atoms with Gasteiger partial charge in [-0.3, -0.25) is 0 Å². The highest BCUT2D eigenvalue weighted by Crippen LogP contribution is 2.13. The second-order valence-electron chi connectivity index (χ2n) is 3.29. The maximum Gasteiger partial charge on any atom is 0.132 e. The molecule has 0 aliphatic carbocycles. The fourth-order valence-corrected chi connectivity index (χ4v) is 1.38. The summed E-state index contributed by atoms with van der Waals surface area (Å²) in [4.78, 5) is 4.05. The van der Waals surface area contributed by atoms with Gasteiger partial charge in [0, 0.05) is 6.54 Å². The summed E-state index contributed by atoms with van der Waals surface area (Å²) in [6.07, 6.45) is 2.65. The van der Waals surface area contributed by atoms with Crippen molar-refractivity contribution >= 4 is 17.4 Å². The second kappa shape index (κ2) is 7.66. The maximum absolute atomic E-state index is 8.76. The third-order valence-corrected chi connectivity index (χ3v) is 2.14. The molecule has 0 saturated heterocycles. The molecule has 0 fully saturated rings. The summed E-state index contributed by atoms with van der Waals surface area (Å²) in [6.45, 7) is 5.46. The van der Waals surface area contributed by atoms with Crippen LogP contribution in [0.15, 0.2) is 24.8 Å². The van der Waals surface area contributed by atoms with E-state index in [0.717, 1.165) is 6.42 Å². The molecule has 0 bridgehead atoms. The predicted molar refractivity (Wildman–Crippen MR) is 68.1 cm³/mol. The number of rotatable bonds is 7. The van der Waals surface area contributed by atoms with E-state index >= 15 is 0 Å². The Bertz CT molecular complexity index is 415. The van der Waals surface area contributed by atoms with Crippen LogP contribution < -0.4 is 5.32 Å². The Hall–Kier alpha value is -1.57. The van der Waals surface area contributed by atoms with E-state index < -0.39 is 0 Å². The molecule has 1 aromatic heterocycles. The van der Waals surface area contributed by atoms with Gasteiger partial charge in [0.2, 0.25) is 0 Å². The Balaban J connectivity index is 2.34. The minimum atomic E-state index is 0.305. The number of hydrogen-bond donors (Lipinski definition) is 1. The molecule has 4 nitrogen and oxygen atoms in total. The number of pyridine rings is 1. The molecule has 0 unspecified atom stereocenters. The van der Waals surface area contributed by atoms with Crippen LogP contribution >= 0.6 is 11.6 Å². The van der Waals surface area contributed by atoms with Crippen molar-refractivity contribution in [2.45, 2.75) is 6.42 Å². The van der Waals surface area contributed by atoms with Crippen LogP contribution in [0.4, 0.5) is 5.82 Å². The Morgan fingerprint density at radius 1 is 1.53 bits per heavy atom. The van der Waals surface area contributed by atoms with Gasteiger partial charge >= 0.3 is 0 Å². The van der Waals surface area contributed by atoms with Gasteiger partial charge in [-0.2, -0.15) is 5.26 Å². The van der Waals surface area contributed by atoms with Crippen LogP contribution in [-0.2, 0) is 4.74 Å². The maximum atomic E-state index is 8.76. The lowest BCUT2D eigenvalue weighted by Gasteiger charge is -2.06. The van der Waals surface area contributed by atoms with Crippen LogP contribution in [0.3, 0.4) is 0 Å². The first kappa shape index (κ1) is 13.5. The smallest absolute Gasteiger partial charge is 0.132 e. The molecule has 1 aromatic rings. The molecular weight excluding hydrogens is 238 g/mol. The van der Waals surface area contributed by atoms with Gasteiger partial charge in [0.15, 0.2) is 0 Å². The van der Waals surface area contributed by atoms with E-state index in [1.54, 1.807) is 6.07 Å². The number of nitriles is 1. The molecular formula is C12H14ClN3O. The fourth-order valence-electron chi connectivity index (χ4n) is 1.17. The third-order valence-electron chi connectivity index (χ3n) is 1.94. The summed E-state index contributed by atoms with van der Waals surface area (Å²) in [5, 5.41) is 12.1. The molecule has 0 aromatic carbocycles. The number of nitrogens with zero attached hydrogens (tertiary/aromatic N) is 2. The number of ether oxygens (including phenoxy) is 1. The zero-order valence-corrected chi connectivity index (χ0v) is 10.2. The number of hydrogen-bond acceptors (Lipinski definition) is 4. The standard InChI is InChI=1S/C12H14ClN3O/c1-2-3-5-17-6-4-15-12-8-10(9-14)7-11(13)16-12/h2,7-8H,1,3-6H2,(H,15,16). The molecule has 17 heavy (non-hydrogen) atoms. The van der Waals surface area contributed by atoms with Crippen molar-refractivity contribution in [3.63, 3.8) is 0 Å². The van der Waals surface area contributed by atoms with Crippen molar-refractivity contribution in [1.82, 2.24) is 4.98 Å². The topological polar surface area (TPSA) is 57.9 Å². The first-order valence-electron chi connectivity index (χ1n) is 5.26. The fraction of sp³-hybridized carbons (Fsp3) is 0.333. The molecule has 0 aliphatic rings. The van der Waals surface area contributed by atoms with Crippen molar-refractivity contribution in [3.8, 4) is 6.07 Å². The van der Waals surface area contributed by atoms with Gasteiger partial charge < -0.3 is 10.1 Å². The van der Waals surface area contributed by atoms with Crippen LogP contribution in [-0.4, -0.2) is 24.7 Å². The summed E-state index contributed by atoms with van der Waals surface area (Å²) in [5.41, 5.74) is 0.486. The lowest BCUT2D eigenvalue weighted by molar-refractivity contribution is 0.149. The van der Waals surface area contributed by atoms with Gasteiger partial charge in [0.25, 0.3) is 0 Å². The molecule has 1 N–H and O–H groups in total. The van der Waals surface area contributed by atoms with Gasteiger partial charge in [-0.05, 0) is 18.6 Å². The molecule has 0 aliphatic heterocycles. The van der Waals surface area contributed by atoms with E-state index in [2.05, 4.69) is 16.9 Å². The highest BCUT2D eigenvalue weighted by molar-refractivity contribution is 6.29. The normalized spacial score (nSPS) is 9.65. The van der Waals surface area contributed by atoms with E-state index in [-0.39, 0.29) is 0 Å². The largest absolute Gasteiger partial charge is 0.379 e. The molecule has 0 saturated carbocycles. The highest BCUT2D eigenvalue weighted by atomic mass is 35.5. The zero-order valence-electron chi connectivity index (χ0n) is 9.45. The van der Waals surface area contributed by atoms with Crippen LogP contribution in [0, 0.1) is 11.3 Å². The van der Waals surface area contributed by atoms with Crippen LogP contribution in [0.2, 0.25) is 5.15 Å². The van der Waals surface area contributed by atoms with Gasteiger partial charge in [0.1, 0.15) is 11.0 Å². The number of anilines is 1. The third kappa shape index (κ3) is 5.34. The van der Waals surface area contributed by atoms with E-state index in [4.69, 9.17) is 21.6 Å². The average Bonchev–Trinajstić information content (AvgIpc) is 2.33. The van der Waals surface area contributed by atoms with Crippen LogP contribution in [0.25, 0.3) is 0 Å². The minimum Gasteiger partial charge on any atom is -0.379 e. The summed E-state index contributed by atoms with van der Waals surface area (Å²) < 4.78 is 5.32. The Morgan fingerprint density at radius 3 is 3.06 bits per heavy atom. The van der Waals surface area contributed by atoms with Gasteiger partial charge in [-0.1, -0.05) is 17.7 Å². The SMILES string of the molecule is C=CCCOCCNc1cc(C#N)cc(Cl)n1. The summed E-state index contributed by atoms with van der Waals surface area (Å²) in [6, 6.07) is 5.19. The van der Waals surface area contributed by atoms with Gasteiger partial charge in [-0.15, -0.1) is 6.58 Å². The lowest BCUT2D eigenvalue weighted by atomic mass is 10.3. The number of aromatic nitrogens is 1. The van der Waals surface area contributed by atoms with E-state index in [1.165, 1.54) is 6.07 Å². The highest BCUT2D eigenvalue weighted by Gasteiger charge is 2.00. The molecule has 0 atom stereocenters. The molecule has 5 heteroatoms. The summed E-state index contributed by atoms with van der Waals surface area (Å²) >= 11 is 5.77. The van der Waals surface area contributed by atoms with Crippen molar-refractivity contribution in [1.29, 1.82) is 5.26 Å². The molecule has 0 radical (unpaired) electrons. The van der Waals surface area contributed by atoms with Crippen molar-refractivity contribution in [2.75, 3.05) is 25.1 Å². The Morgan fingerprint density at radius 2 is 2.35 bits per heavy atom. The first-order valence-corrected chi connectivity index (χ1v) is 5.64. The minimum absolute atomic E-state index is 0.305. The lowest BCUT2D eigenvalue weighted by Crippen LogP contribution is -2.11. The van der Waals surface area contributed by atoms with E-state index in [9.17, 15) is 0 Å². The average molecular weight is 252 g/mol. The molecule has 0 amide bonds. The van der Waals surface area contributed by atoms with Crippen molar-refractivity contribution < 1.29 is 4.74 Å². The van der Waals surface area contributed by atoms with E-state index in [0.29, 0.717) is 36.3 Å². The van der Waals surface area contributed by atoms with E-state index in [1.807, 2.05) is 12.1 Å². The Labute approximate surface area is 106 Å². The molecule has 1 rings (SSSR count). The Kier molecular flexibility index (Phi) is 6.08. The van der Waals surface area contributed by atoms with Crippen LogP contribution in [0.5, 0.6) is 0 Å². The number of nitrogens with one attached hydrogen (secondary N) is 1. The summed E-state index contributed by atoms with van der Waals surface area (Å²) in [7, 11) is 0. The quantitative estimate of drug-likeness (QED) is 0.460. The molecule has 1 heterocycles. The van der Waals surface area contributed by atoms with Crippen molar-refractivity contribution in [3.05, 3.63) is 35.5 Å². The molecule has 0 spiro atoms. The number of halogens is 1. The second-order valence-corrected chi connectivity index (χ2v) is 3.68. The van der Waals surface area contributed by atoms with Crippen LogP contribution in [0.1, 0.15) is 12.0 Å². The monoisotopic (exact) mass is 251 g/mol. The van der Waals surface area contributed by atoms with Gasteiger partial charge in [-0.25, -0.2) is 4.98 Å².